The monoisotopic (exact) mass is 436 g/mol. The number of halogens is 2. The van der Waals surface area contributed by atoms with Gasteiger partial charge in [0.05, 0.1) is 11.9 Å². The summed E-state index contributed by atoms with van der Waals surface area (Å²) in [4.78, 5) is 18.1. The highest BCUT2D eigenvalue weighted by Crippen LogP contribution is 2.11. The van der Waals surface area contributed by atoms with Crippen LogP contribution in [0.2, 0.25) is 0 Å². The smallest absolute Gasteiger partial charge is 0.303 e. The molecule has 2 aromatic rings. The normalized spacial score (nSPS) is 9.79. The molecular formula is C13H14BrIN2O2. The van der Waals surface area contributed by atoms with Crippen LogP contribution in [0.3, 0.4) is 0 Å². The van der Waals surface area contributed by atoms with Crippen LogP contribution in [0.1, 0.15) is 24.0 Å². The van der Waals surface area contributed by atoms with Gasteiger partial charge in [-0.2, -0.15) is 0 Å². The summed E-state index contributed by atoms with van der Waals surface area (Å²) in [5, 5.41) is 0. The fraction of sp³-hybridized carbons (Fsp3) is 0.231. The lowest BCUT2D eigenvalue weighted by atomic mass is 10.1. The van der Waals surface area contributed by atoms with E-state index in [2.05, 4.69) is 50.8 Å². The van der Waals surface area contributed by atoms with E-state index in [1.165, 1.54) is 16.1 Å². The summed E-state index contributed by atoms with van der Waals surface area (Å²) < 4.78 is 6.10. The number of imidazole rings is 1. The van der Waals surface area contributed by atoms with Gasteiger partial charge >= 0.3 is 5.97 Å². The summed E-state index contributed by atoms with van der Waals surface area (Å²) in [6.07, 6.45) is 2.45. The molecule has 6 heteroatoms. The highest BCUT2D eigenvalue weighted by molar-refractivity contribution is 14.1. The van der Waals surface area contributed by atoms with Crippen molar-refractivity contribution in [2.24, 2.45) is 0 Å². The Kier molecular flexibility index (Phi) is 6.50. The number of nitrogens with zero attached hydrogens (tertiary/aromatic N) is 1. The third-order valence-electron chi connectivity index (χ3n) is 2.37. The van der Waals surface area contributed by atoms with Crippen molar-refractivity contribution in [3.05, 3.63) is 51.1 Å². The van der Waals surface area contributed by atoms with Crippen molar-refractivity contribution in [2.75, 3.05) is 0 Å². The van der Waals surface area contributed by atoms with Gasteiger partial charge in [-0.1, -0.05) is 12.1 Å². The molecule has 0 saturated heterocycles. The van der Waals surface area contributed by atoms with E-state index in [1.807, 2.05) is 6.07 Å². The van der Waals surface area contributed by atoms with E-state index in [0.717, 1.165) is 17.9 Å². The maximum absolute atomic E-state index is 10.7. The highest BCUT2D eigenvalue weighted by atomic mass is 127. The van der Waals surface area contributed by atoms with Crippen LogP contribution in [-0.2, 0) is 22.6 Å². The Balaban J connectivity index is 0.00000180. The second-order valence-corrected chi connectivity index (χ2v) is 5.19. The molecule has 1 N–H and O–H groups in total. The van der Waals surface area contributed by atoms with E-state index in [9.17, 15) is 4.79 Å². The van der Waals surface area contributed by atoms with Gasteiger partial charge in [-0.3, -0.25) is 4.79 Å². The molecule has 1 aromatic carbocycles. The first-order valence-corrected chi connectivity index (χ1v) is 6.62. The fourth-order valence-corrected chi connectivity index (χ4v) is 2.20. The second-order valence-electron chi connectivity index (χ2n) is 3.94. The molecule has 0 bridgehead atoms. The Labute approximate surface area is 135 Å². The van der Waals surface area contributed by atoms with Crippen molar-refractivity contribution >= 4 is 45.5 Å². The van der Waals surface area contributed by atoms with Crippen LogP contribution in [0.15, 0.2) is 30.5 Å². The lowest BCUT2D eigenvalue weighted by Crippen LogP contribution is -1.99. The molecule has 0 unspecified atom stereocenters. The first-order chi connectivity index (χ1) is 8.63. The highest BCUT2D eigenvalue weighted by Gasteiger charge is 2.04. The molecule has 0 atom stereocenters. The Morgan fingerprint density at radius 2 is 2.26 bits per heavy atom. The third-order valence-corrected chi connectivity index (χ3v) is 3.04. The average molecular weight is 437 g/mol. The zero-order valence-electron chi connectivity index (χ0n) is 10.4. The fourth-order valence-electron chi connectivity index (χ4n) is 1.59. The molecule has 0 amide bonds. The number of hydrogen-bond acceptors (Lipinski definition) is 3. The number of aromatic amines is 1. The van der Waals surface area contributed by atoms with Gasteiger partial charge in [-0.25, -0.2) is 4.98 Å². The van der Waals surface area contributed by atoms with Gasteiger partial charge < -0.3 is 9.72 Å². The van der Waals surface area contributed by atoms with E-state index >= 15 is 0 Å². The van der Waals surface area contributed by atoms with Crippen molar-refractivity contribution in [1.82, 2.24) is 9.97 Å². The van der Waals surface area contributed by atoms with Crippen molar-refractivity contribution in [3.63, 3.8) is 0 Å². The number of rotatable bonds is 4. The number of ether oxygens (including phenoxy) is 1. The Morgan fingerprint density at radius 3 is 2.95 bits per heavy atom. The number of H-pyrrole nitrogens is 1. The SMILES string of the molecule is Br.CC(=O)OCc1cnc(Cc2cccc(I)c2)[nH]1. The molecule has 0 radical (unpaired) electrons. The lowest BCUT2D eigenvalue weighted by Gasteiger charge is -2.00. The quantitative estimate of drug-likeness (QED) is 0.591. The van der Waals surface area contributed by atoms with Crippen molar-refractivity contribution in [3.8, 4) is 0 Å². The number of esters is 1. The maximum atomic E-state index is 10.7. The van der Waals surface area contributed by atoms with Gasteiger partial charge in [-0.15, -0.1) is 17.0 Å². The van der Waals surface area contributed by atoms with Crippen LogP contribution in [0.5, 0.6) is 0 Å². The minimum atomic E-state index is -0.288. The van der Waals surface area contributed by atoms with E-state index in [0.29, 0.717) is 0 Å². The van der Waals surface area contributed by atoms with E-state index in [4.69, 9.17) is 4.74 Å². The number of aromatic nitrogens is 2. The summed E-state index contributed by atoms with van der Waals surface area (Å²) in [5.41, 5.74) is 2.01. The zero-order valence-corrected chi connectivity index (χ0v) is 14.2. The van der Waals surface area contributed by atoms with Crippen molar-refractivity contribution in [2.45, 2.75) is 20.0 Å². The zero-order chi connectivity index (χ0) is 13.0. The Morgan fingerprint density at radius 1 is 1.47 bits per heavy atom. The lowest BCUT2D eigenvalue weighted by molar-refractivity contribution is -0.142. The molecule has 1 heterocycles. The first-order valence-electron chi connectivity index (χ1n) is 5.54. The average Bonchev–Trinajstić information content (AvgIpc) is 2.74. The van der Waals surface area contributed by atoms with Crippen LogP contribution >= 0.6 is 39.6 Å². The van der Waals surface area contributed by atoms with Gasteiger partial charge in [-0.05, 0) is 40.3 Å². The Bertz CT molecular complexity index is 557. The topological polar surface area (TPSA) is 55.0 Å². The molecular weight excluding hydrogens is 423 g/mol. The molecule has 0 aliphatic carbocycles. The van der Waals surface area contributed by atoms with Crippen LogP contribution in [0.25, 0.3) is 0 Å². The molecule has 2 rings (SSSR count). The third kappa shape index (κ3) is 5.32. The van der Waals surface area contributed by atoms with Crippen molar-refractivity contribution in [1.29, 1.82) is 0 Å². The maximum Gasteiger partial charge on any atom is 0.303 e. The van der Waals surface area contributed by atoms with Crippen LogP contribution in [-0.4, -0.2) is 15.9 Å². The van der Waals surface area contributed by atoms with Crippen LogP contribution < -0.4 is 0 Å². The largest absolute Gasteiger partial charge is 0.459 e. The minimum absolute atomic E-state index is 0. The summed E-state index contributed by atoms with van der Waals surface area (Å²) >= 11 is 2.29. The minimum Gasteiger partial charge on any atom is -0.459 e. The molecule has 0 aliphatic rings. The van der Waals surface area contributed by atoms with Gasteiger partial charge in [0.25, 0.3) is 0 Å². The number of benzene rings is 1. The molecule has 19 heavy (non-hydrogen) atoms. The number of carbonyl (C=O) groups is 1. The number of nitrogens with one attached hydrogen (secondary N) is 1. The van der Waals surface area contributed by atoms with Crippen molar-refractivity contribution < 1.29 is 9.53 Å². The number of carbonyl (C=O) groups excluding carboxylic acids is 1. The summed E-state index contributed by atoms with van der Waals surface area (Å²) in [6, 6.07) is 8.27. The Hall–Kier alpha value is -0.890. The van der Waals surface area contributed by atoms with Gasteiger partial charge in [0.15, 0.2) is 0 Å². The molecule has 0 spiro atoms. The van der Waals surface area contributed by atoms with E-state index in [1.54, 1.807) is 6.20 Å². The molecule has 102 valence electrons. The predicted molar refractivity (Wildman–Crippen MR) is 86.3 cm³/mol. The van der Waals surface area contributed by atoms with Crippen LogP contribution in [0, 0.1) is 3.57 Å². The van der Waals surface area contributed by atoms with Crippen LogP contribution in [0.4, 0.5) is 0 Å². The van der Waals surface area contributed by atoms with E-state index in [-0.39, 0.29) is 29.6 Å². The molecule has 0 aliphatic heterocycles. The first kappa shape index (κ1) is 16.2. The molecule has 0 saturated carbocycles. The summed E-state index contributed by atoms with van der Waals surface area (Å²) in [7, 11) is 0. The summed E-state index contributed by atoms with van der Waals surface area (Å²) in [6.45, 7) is 1.64. The standard InChI is InChI=1S/C13H13IN2O2.BrH/c1-9(17)18-8-12-7-15-13(16-12)6-10-3-2-4-11(14)5-10;/h2-5,7H,6,8H2,1H3,(H,15,16);1H. The van der Waals surface area contributed by atoms with Gasteiger partial charge in [0.1, 0.15) is 12.4 Å². The van der Waals surface area contributed by atoms with Gasteiger partial charge in [0, 0.05) is 16.9 Å². The second kappa shape index (κ2) is 7.64. The molecule has 4 nitrogen and oxygen atoms in total. The predicted octanol–water partition coefficient (Wildman–Crippen LogP) is 3.25. The number of hydrogen-bond donors (Lipinski definition) is 1. The molecule has 1 aromatic heterocycles. The molecule has 0 fully saturated rings. The summed E-state index contributed by atoms with van der Waals surface area (Å²) in [5.74, 6) is 0.586. The van der Waals surface area contributed by atoms with E-state index < -0.39 is 0 Å². The van der Waals surface area contributed by atoms with Gasteiger partial charge in [0.2, 0.25) is 0 Å².